The van der Waals surface area contributed by atoms with Crippen LogP contribution in [0.5, 0.6) is 11.5 Å². The topological polar surface area (TPSA) is 84.9 Å². The Kier molecular flexibility index (Phi) is 7.19. The molecule has 0 unspecified atom stereocenters. The molecule has 1 amide bonds. The summed E-state index contributed by atoms with van der Waals surface area (Å²) < 4.78 is 71.5. The molecule has 0 radical (unpaired) electrons. The van der Waals surface area contributed by atoms with E-state index in [1.807, 2.05) is 0 Å². The summed E-state index contributed by atoms with van der Waals surface area (Å²) in [5.41, 5.74) is 0.430. The lowest BCUT2D eigenvalue weighted by atomic mass is 10.1. The van der Waals surface area contributed by atoms with E-state index in [0.717, 1.165) is 22.7 Å². The minimum Gasteiger partial charge on any atom is -0.497 e. The number of sulfonamides is 1. The predicted octanol–water partition coefficient (Wildman–Crippen LogP) is 3.78. The van der Waals surface area contributed by atoms with E-state index in [-0.39, 0.29) is 17.8 Å². The van der Waals surface area contributed by atoms with Crippen LogP contribution in [-0.4, -0.2) is 40.1 Å². The highest BCUT2D eigenvalue weighted by molar-refractivity contribution is 7.92. The van der Waals surface area contributed by atoms with E-state index in [4.69, 9.17) is 4.74 Å². The molecule has 2 rings (SSSR count). The third-order valence-electron chi connectivity index (χ3n) is 3.99. The molecular weight excluding hydrogens is 425 g/mol. The number of halogens is 3. The van der Waals surface area contributed by atoms with E-state index >= 15 is 0 Å². The van der Waals surface area contributed by atoms with Gasteiger partial charge < -0.3 is 14.8 Å². The lowest BCUT2D eigenvalue weighted by Gasteiger charge is -2.30. The highest BCUT2D eigenvalue weighted by Gasteiger charge is 2.32. The van der Waals surface area contributed by atoms with Gasteiger partial charge in [0, 0.05) is 11.8 Å². The number of methoxy groups -OCH3 is 1. The maximum absolute atomic E-state index is 12.8. The average molecular weight is 446 g/mol. The Morgan fingerprint density at radius 2 is 1.77 bits per heavy atom. The van der Waals surface area contributed by atoms with Crippen molar-refractivity contribution in [3.63, 3.8) is 0 Å². The van der Waals surface area contributed by atoms with Crippen LogP contribution in [0.25, 0.3) is 0 Å². The molecule has 0 aliphatic carbocycles. The normalized spacial score (nSPS) is 12.7. The molecule has 11 heteroatoms. The second-order valence-electron chi connectivity index (χ2n) is 6.25. The lowest BCUT2D eigenvalue weighted by Crippen LogP contribution is -2.47. The Bertz CT molecular complexity index is 978. The third-order valence-corrected chi connectivity index (χ3v) is 5.17. The third kappa shape index (κ3) is 6.28. The van der Waals surface area contributed by atoms with Gasteiger partial charge in [-0.1, -0.05) is 13.0 Å². The summed E-state index contributed by atoms with van der Waals surface area (Å²) in [6, 6.07) is 9.68. The highest BCUT2D eigenvalue weighted by atomic mass is 32.2. The molecular formula is C19H21F3N2O5S. The smallest absolute Gasteiger partial charge is 0.497 e. The molecule has 1 atom stereocenters. The van der Waals surface area contributed by atoms with Crippen molar-refractivity contribution in [2.24, 2.45) is 0 Å². The first-order valence-corrected chi connectivity index (χ1v) is 10.6. The number of hydrogen-bond donors (Lipinski definition) is 1. The van der Waals surface area contributed by atoms with E-state index < -0.39 is 34.1 Å². The number of carbonyl (C=O) groups excluding carboxylic acids is 1. The molecule has 1 N–H and O–H groups in total. The van der Waals surface area contributed by atoms with Crippen LogP contribution in [0.15, 0.2) is 48.5 Å². The Balaban J connectivity index is 2.27. The van der Waals surface area contributed by atoms with E-state index in [2.05, 4.69) is 10.1 Å². The van der Waals surface area contributed by atoms with Crippen LogP contribution in [0.3, 0.4) is 0 Å². The summed E-state index contributed by atoms with van der Waals surface area (Å²) in [5, 5.41) is 2.52. The molecule has 7 nitrogen and oxygen atoms in total. The number of nitrogens with one attached hydrogen (secondary N) is 1. The van der Waals surface area contributed by atoms with Gasteiger partial charge in [-0.3, -0.25) is 9.10 Å². The zero-order chi connectivity index (χ0) is 22.5. The van der Waals surface area contributed by atoms with Gasteiger partial charge in [0.2, 0.25) is 15.9 Å². The standard InChI is InChI=1S/C19H21F3N2O5S/c1-4-17(24(30(3,26)27)14-6-5-7-16(12-14)28-2)18(25)23-13-8-10-15(11-9-13)29-19(20,21)22/h5-12,17H,4H2,1-3H3,(H,23,25)/t17-/m1/s1. The molecule has 0 spiro atoms. The fourth-order valence-electron chi connectivity index (χ4n) is 2.77. The number of ether oxygens (including phenoxy) is 2. The predicted molar refractivity (Wildman–Crippen MR) is 106 cm³/mol. The van der Waals surface area contributed by atoms with Crippen molar-refractivity contribution in [3.8, 4) is 11.5 Å². The molecule has 164 valence electrons. The molecule has 2 aromatic carbocycles. The van der Waals surface area contributed by atoms with Crippen LogP contribution >= 0.6 is 0 Å². The van der Waals surface area contributed by atoms with Gasteiger partial charge in [0.15, 0.2) is 0 Å². The lowest BCUT2D eigenvalue weighted by molar-refractivity contribution is -0.274. The first-order valence-electron chi connectivity index (χ1n) is 8.74. The summed E-state index contributed by atoms with van der Waals surface area (Å²) in [6.07, 6.45) is -3.71. The minimum absolute atomic E-state index is 0.144. The quantitative estimate of drug-likeness (QED) is 0.667. The minimum atomic E-state index is -4.83. The van der Waals surface area contributed by atoms with Gasteiger partial charge >= 0.3 is 6.36 Å². The molecule has 2 aromatic rings. The van der Waals surface area contributed by atoms with Gasteiger partial charge in [-0.05, 0) is 42.8 Å². The van der Waals surface area contributed by atoms with Crippen molar-refractivity contribution in [1.82, 2.24) is 0 Å². The fourth-order valence-corrected chi connectivity index (χ4v) is 3.98. The number of benzene rings is 2. The summed E-state index contributed by atoms with van der Waals surface area (Å²) in [5.74, 6) is -0.673. The largest absolute Gasteiger partial charge is 0.573 e. The van der Waals surface area contributed by atoms with Crippen LogP contribution in [0, 0.1) is 0 Å². The number of rotatable bonds is 8. The van der Waals surface area contributed by atoms with Gasteiger partial charge in [0.05, 0.1) is 19.1 Å². The van der Waals surface area contributed by atoms with Crippen molar-refractivity contribution < 1.29 is 35.9 Å². The van der Waals surface area contributed by atoms with Crippen LogP contribution in [-0.2, 0) is 14.8 Å². The summed E-state index contributed by atoms with van der Waals surface area (Å²) in [4.78, 5) is 12.8. The van der Waals surface area contributed by atoms with Crippen LogP contribution in [0.2, 0.25) is 0 Å². The highest BCUT2D eigenvalue weighted by Crippen LogP contribution is 2.28. The van der Waals surface area contributed by atoms with E-state index in [9.17, 15) is 26.4 Å². The second kappa shape index (κ2) is 9.24. The molecule has 30 heavy (non-hydrogen) atoms. The zero-order valence-corrected chi connectivity index (χ0v) is 17.3. The van der Waals surface area contributed by atoms with E-state index in [1.165, 1.54) is 31.4 Å². The summed E-state index contributed by atoms with van der Waals surface area (Å²) in [6.45, 7) is 1.64. The second-order valence-corrected chi connectivity index (χ2v) is 8.11. The number of nitrogens with zero attached hydrogens (tertiary/aromatic N) is 1. The Hall–Kier alpha value is -2.95. The molecule has 0 aliphatic rings. The number of anilines is 2. The molecule has 0 aliphatic heterocycles. The zero-order valence-electron chi connectivity index (χ0n) is 16.4. The van der Waals surface area contributed by atoms with Crippen molar-refractivity contribution in [2.45, 2.75) is 25.7 Å². The molecule has 0 heterocycles. The van der Waals surface area contributed by atoms with Crippen LogP contribution in [0.4, 0.5) is 24.5 Å². The van der Waals surface area contributed by atoms with Crippen molar-refractivity contribution in [3.05, 3.63) is 48.5 Å². The number of carbonyl (C=O) groups is 1. The SMILES string of the molecule is CC[C@H](C(=O)Nc1ccc(OC(F)(F)F)cc1)N(c1cccc(OC)c1)S(C)(=O)=O. The van der Waals surface area contributed by atoms with Crippen molar-refractivity contribution in [1.29, 1.82) is 0 Å². The molecule has 0 saturated heterocycles. The summed E-state index contributed by atoms with van der Waals surface area (Å²) >= 11 is 0. The van der Waals surface area contributed by atoms with E-state index in [0.29, 0.717) is 5.75 Å². The number of alkyl halides is 3. The van der Waals surface area contributed by atoms with Crippen LogP contribution in [0.1, 0.15) is 13.3 Å². The molecule has 0 bridgehead atoms. The van der Waals surface area contributed by atoms with Gasteiger partial charge in [0.1, 0.15) is 17.5 Å². The summed E-state index contributed by atoms with van der Waals surface area (Å²) in [7, 11) is -2.42. The molecule has 0 aromatic heterocycles. The first-order chi connectivity index (χ1) is 13.9. The Morgan fingerprint density at radius 3 is 2.27 bits per heavy atom. The number of amides is 1. The Labute approximate surface area is 172 Å². The van der Waals surface area contributed by atoms with Crippen LogP contribution < -0.4 is 19.1 Å². The first kappa shape index (κ1) is 23.3. The van der Waals surface area contributed by atoms with Crippen molar-refractivity contribution >= 4 is 27.3 Å². The van der Waals surface area contributed by atoms with Gasteiger partial charge in [0.25, 0.3) is 0 Å². The Morgan fingerprint density at radius 1 is 1.13 bits per heavy atom. The van der Waals surface area contributed by atoms with Gasteiger partial charge in [-0.25, -0.2) is 8.42 Å². The maximum Gasteiger partial charge on any atom is 0.573 e. The van der Waals surface area contributed by atoms with Gasteiger partial charge in [-0.15, -0.1) is 13.2 Å². The van der Waals surface area contributed by atoms with Crippen molar-refractivity contribution in [2.75, 3.05) is 23.0 Å². The molecule has 0 saturated carbocycles. The van der Waals surface area contributed by atoms with Gasteiger partial charge in [-0.2, -0.15) is 0 Å². The van der Waals surface area contributed by atoms with E-state index in [1.54, 1.807) is 19.1 Å². The average Bonchev–Trinajstić information content (AvgIpc) is 2.65. The monoisotopic (exact) mass is 446 g/mol. The number of hydrogen-bond acceptors (Lipinski definition) is 5. The fraction of sp³-hybridized carbons (Fsp3) is 0.316. The molecule has 0 fully saturated rings. The maximum atomic E-state index is 12.8.